The Morgan fingerprint density at radius 3 is 2.85 bits per heavy atom. The van der Waals surface area contributed by atoms with Crippen molar-refractivity contribution in [3.05, 3.63) is 24.2 Å². The first-order valence-electron chi connectivity index (χ1n) is 7.12. The van der Waals surface area contributed by atoms with Crippen LogP contribution in [0.3, 0.4) is 0 Å². The van der Waals surface area contributed by atoms with Crippen LogP contribution in [0.15, 0.2) is 22.8 Å². The monoisotopic (exact) mass is 281 g/mol. The highest BCUT2D eigenvalue weighted by molar-refractivity contribution is 5.77. The zero-order valence-electron chi connectivity index (χ0n) is 11.8. The Balaban J connectivity index is 1.68. The highest BCUT2D eigenvalue weighted by Crippen LogP contribution is 2.03. The van der Waals surface area contributed by atoms with Crippen LogP contribution in [0.2, 0.25) is 0 Å². The van der Waals surface area contributed by atoms with Gasteiger partial charge in [0.15, 0.2) is 0 Å². The third kappa shape index (κ3) is 4.96. The summed E-state index contributed by atoms with van der Waals surface area (Å²) in [5, 5.41) is 11.8. The van der Waals surface area contributed by atoms with Crippen molar-refractivity contribution in [1.29, 1.82) is 0 Å². The maximum atomic E-state index is 11.9. The van der Waals surface area contributed by atoms with E-state index in [1.165, 1.54) is 0 Å². The standard InChI is InChI=1S/C14H23N3O3/c18-9-8-16-4-2-5-17(7-6-16)12-14(19)15-11-13-3-1-10-20-13/h1,3,10,18H,2,4-9,11-12H2,(H,15,19). The van der Waals surface area contributed by atoms with E-state index in [1.807, 2.05) is 12.1 Å². The fraction of sp³-hybridized carbons (Fsp3) is 0.643. The third-order valence-electron chi connectivity index (χ3n) is 3.50. The molecule has 2 heterocycles. The Morgan fingerprint density at radius 1 is 1.30 bits per heavy atom. The predicted octanol–water partition coefficient (Wildman–Crippen LogP) is -0.104. The van der Waals surface area contributed by atoms with Gasteiger partial charge in [-0.15, -0.1) is 0 Å². The Hall–Kier alpha value is -1.37. The number of nitrogens with zero attached hydrogens (tertiary/aromatic N) is 2. The van der Waals surface area contributed by atoms with E-state index in [1.54, 1.807) is 6.26 Å². The summed E-state index contributed by atoms with van der Waals surface area (Å²) in [6.07, 6.45) is 2.64. The molecule has 1 amide bonds. The number of β-amino-alcohol motifs (C(OH)–C–C–N with tert-alkyl or cyclic N) is 1. The molecule has 6 heteroatoms. The van der Waals surface area contributed by atoms with Crippen molar-refractivity contribution in [1.82, 2.24) is 15.1 Å². The minimum absolute atomic E-state index is 0.0250. The summed E-state index contributed by atoms with van der Waals surface area (Å²) in [4.78, 5) is 16.3. The average Bonchev–Trinajstić information content (AvgIpc) is 2.86. The van der Waals surface area contributed by atoms with Crippen LogP contribution in [0.1, 0.15) is 12.2 Å². The van der Waals surface area contributed by atoms with Crippen molar-refractivity contribution in [3.8, 4) is 0 Å². The van der Waals surface area contributed by atoms with Gasteiger partial charge in [-0.2, -0.15) is 0 Å². The van der Waals surface area contributed by atoms with E-state index < -0.39 is 0 Å². The van der Waals surface area contributed by atoms with Crippen molar-refractivity contribution >= 4 is 5.91 Å². The molecule has 112 valence electrons. The number of carbonyl (C=O) groups excluding carboxylic acids is 1. The summed E-state index contributed by atoms with van der Waals surface area (Å²) in [7, 11) is 0. The largest absolute Gasteiger partial charge is 0.467 e. The Labute approximate surface area is 119 Å². The first-order valence-corrected chi connectivity index (χ1v) is 7.12. The molecule has 20 heavy (non-hydrogen) atoms. The van der Waals surface area contributed by atoms with Gasteiger partial charge in [-0.05, 0) is 31.6 Å². The molecule has 0 spiro atoms. The van der Waals surface area contributed by atoms with Crippen molar-refractivity contribution in [2.24, 2.45) is 0 Å². The summed E-state index contributed by atoms with van der Waals surface area (Å²) in [5.41, 5.74) is 0. The molecule has 6 nitrogen and oxygen atoms in total. The molecule has 1 aliphatic rings. The second-order valence-corrected chi connectivity index (χ2v) is 5.05. The summed E-state index contributed by atoms with van der Waals surface area (Å²) in [6.45, 7) is 5.48. The van der Waals surface area contributed by atoms with Gasteiger partial charge < -0.3 is 14.8 Å². The van der Waals surface area contributed by atoms with E-state index in [4.69, 9.17) is 9.52 Å². The van der Waals surface area contributed by atoms with Gasteiger partial charge in [0.25, 0.3) is 0 Å². The number of furan rings is 1. The fourth-order valence-electron chi connectivity index (χ4n) is 2.41. The molecule has 0 radical (unpaired) electrons. The lowest BCUT2D eigenvalue weighted by atomic mass is 10.3. The van der Waals surface area contributed by atoms with Crippen molar-refractivity contribution < 1.29 is 14.3 Å². The lowest BCUT2D eigenvalue weighted by Crippen LogP contribution is -2.39. The summed E-state index contributed by atoms with van der Waals surface area (Å²) >= 11 is 0. The van der Waals surface area contributed by atoms with Gasteiger partial charge in [0.2, 0.25) is 5.91 Å². The molecule has 1 aromatic rings. The molecule has 2 rings (SSSR count). The topological polar surface area (TPSA) is 69.0 Å². The molecule has 0 atom stereocenters. The minimum Gasteiger partial charge on any atom is -0.467 e. The molecule has 1 aliphatic heterocycles. The number of carbonyl (C=O) groups is 1. The zero-order chi connectivity index (χ0) is 14.2. The van der Waals surface area contributed by atoms with Crippen LogP contribution < -0.4 is 5.32 Å². The molecule has 0 aromatic carbocycles. The van der Waals surface area contributed by atoms with Crippen LogP contribution in [0.25, 0.3) is 0 Å². The van der Waals surface area contributed by atoms with Crippen molar-refractivity contribution in [3.63, 3.8) is 0 Å². The fourth-order valence-corrected chi connectivity index (χ4v) is 2.41. The maximum Gasteiger partial charge on any atom is 0.234 e. The third-order valence-corrected chi connectivity index (χ3v) is 3.50. The molecule has 0 bridgehead atoms. The van der Waals surface area contributed by atoms with Crippen LogP contribution in [-0.4, -0.2) is 66.7 Å². The number of rotatable bonds is 6. The van der Waals surface area contributed by atoms with Gasteiger partial charge in [0.1, 0.15) is 5.76 Å². The van der Waals surface area contributed by atoms with E-state index in [0.29, 0.717) is 13.1 Å². The SMILES string of the molecule is O=C(CN1CCCN(CCO)CC1)NCc1ccco1. The number of aliphatic hydroxyl groups excluding tert-OH is 1. The number of aliphatic hydroxyl groups is 1. The van der Waals surface area contributed by atoms with E-state index in [2.05, 4.69) is 15.1 Å². The van der Waals surface area contributed by atoms with Crippen LogP contribution in [0, 0.1) is 0 Å². The summed E-state index contributed by atoms with van der Waals surface area (Å²) in [6, 6.07) is 3.66. The van der Waals surface area contributed by atoms with Crippen LogP contribution in [-0.2, 0) is 11.3 Å². The molecule has 1 fully saturated rings. The van der Waals surface area contributed by atoms with Gasteiger partial charge in [0.05, 0.1) is 26.0 Å². The zero-order valence-corrected chi connectivity index (χ0v) is 11.8. The van der Waals surface area contributed by atoms with Crippen molar-refractivity contribution in [2.75, 3.05) is 45.9 Å². The smallest absolute Gasteiger partial charge is 0.234 e. The van der Waals surface area contributed by atoms with Gasteiger partial charge in [-0.3, -0.25) is 14.6 Å². The molecule has 0 unspecified atom stereocenters. The Kier molecular flexibility index (Phi) is 6.04. The average molecular weight is 281 g/mol. The van der Waals surface area contributed by atoms with Gasteiger partial charge >= 0.3 is 0 Å². The summed E-state index contributed by atoms with van der Waals surface area (Å²) in [5.74, 6) is 0.792. The van der Waals surface area contributed by atoms with Gasteiger partial charge in [-0.1, -0.05) is 0 Å². The molecule has 1 aromatic heterocycles. The number of hydrogen-bond acceptors (Lipinski definition) is 5. The minimum atomic E-state index is 0.0250. The number of hydrogen-bond donors (Lipinski definition) is 2. The highest BCUT2D eigenvalue weighted by Gasteiger charge is 2.16. The van der Waals surface area contributed by atoms with E-state index in [9.17, 15) is 4.79 Å². The second kappa shape index (κ2) is 8.04. The number of nitrogens with one attached hydrogen (secondary N) is 1. The van der Waals surface area contributed by atoms with Crippen LogP contribution in [0.4, 0.5) is 0 Å². The van der Waals surface area contributed by atoms with Crippen molar-refractivity contribution in [2.45, 2.75) is 13.0 Å². The molecule has 1 saturated heterocycles. The van der Waals surface area contributed by atoms with Crippen LogP contribution >= 0.6 is 0 Å². The lowest BCUT2D eigenvalue weighted by molar-refractivity contribution is -0.122. The quantitative estimate of drug-likeness (QED) is 0.762. The first kappa shape index (κ1) is 15.0. The Morgan fingerprint density at radius 2 is 2.10 bits per heavy atom. The first-order chi connectivity index (χ1) is 9.78. The molecule has 0 saturated carbocycles. The molecular weight excluding hydrogens is 258 g/mol. The molecule has 0 aliphatic carbocycles. The van der Waals surface area contributed by atoms with Gasteiger partial charge in [0, 0.05) is 19.6 Å². The maximum absolute atomic E-state index is 11.9. The van der Waals surface area contributed by atoms with E-state index in [-0.39, 0.29) is 12.5 Å². The molecule has 2 N–H and O–H groups in total. The lowest BCUT2D eigenvalue weighted by Gasteiger charge is -2.20. The second-order valence-electron chi connectivity index (χ2n) is 5.05. The predicted molar refractivity (Wildman–Crippen MR) is 75.1 cm³/mol. The van der Waals surface area contributed by atoms with Gasteiger partial charge in [-0.25, -0.2) is 0 Å². The van der Waals surface area contributed by atoms with Crippen LogP contribution in [0.5, 0.6) is 0 Å². The van der Waals surface area contributed by atoms with E-state index >= 15 is 0 Å². The number of amides is 1. The normalized spacial score (nSPS) is 17.9. The highest BCUT2D eigenvalue weighted by atomic mass is 16.3. The Bertz CT molecular complexity index is 394. The summed E-state index contributed by atoms with van der Waals surface area (Å²) < 4.78 is 5.18. The van der Waals surface area contributed by atoms with E-state index in [0.717, 1.165) is 44.9 Å². The molecular formula is C14H23N3O3.